The highest BCUT2D eigenvalue weighted by Crippen LogP contribution is 2.47. The lowest BCUT2D eigenvalue weighted by Crippen LogP contribution is -2.32. The first-order valence-corrected chi connectivity index (χ1v) is 7.82. The van der Waals surface area contributed by atoms with Crippen molar-refractivity contribution in [1.82, 2.24) is 5.32 Å². The zero-order valence-electron chi connectivity index (χ0n) is 13.5. The summed E-state index contributed by atoms with van der Waals surface area (Å²) < 4.78 is 13.0. The lowest BCUT2D eigenvalue weighted by atomic mass is 9.96. The molecule has 2 aromatic rings. The number of nitrogens with one attached hydrogen (secondary N) is 1. The molecule has 0 atom stereocenters. The Hall–Kier alpha value is -2.36. The number of hydrogen-bond donors (Lipinski definition) is 1. The molecule has 23 heavy (non-hydrogen) atoms. The first kappa shape index (κ1) is 15.5. The normalized spacial score (nSPS) is 15.1. The SMILES string of the molecule is CN(C)c1ccc(C(=O)NCC2(c3ccc(F)cc3)CC2)cc1. The average molecular weight is 312 g/mol. The van der Waals surface area contributed by atoms with E-state index in [2.05, 4.69) is 5.32 Å². The molecule has 1 aliphatic carbocycles. The molecule has 0 spiro atoms. The Morgan fingerprint density at radius 3 is 2.22 bits per heavy atom. The molecule has 1 N–H and O–H groups in total. The predicted octanol–water partition coefficient (Wildman–Crippen LogP) is 3.35. The lowest BCUT2D eigenvalue weighted by molar-refractivity contribution is 0.0949. The maximum atomic E-state index is 13.0. The largest absolute Gasteiger partial charge is 0.378 e. The van der Waals surface area contributed by atoms with Crippen molar-refractivity contribution < 1.29 is 9.18 Å². The molecule has 1 aliphatic rings. The van der Waals surface area contributed by atoms with E-state index in [0.29, 0.717) is 12.1 Å². The summed E-state index contributed by atoms with van der Waals surface area (Å²) in [6.45, 7) is 0.590. The van der Waals surface area contributed by atoms with Crippen LogP contribution in [-0.4, -0.2) is 26.5 Å². The van der Waals surface area contributed by atoms with Gasteiger partial charge in [-0.3, -0.25) is 4.79 Å². The predicted molar refractivity (Wildman–Crippen MR) is 90.4 cm³/mol. The highest BCUT2D eigenvalue weighted by molar-refractivity contribution is 5.94. The third-order valence-corrected chi connectivity index (χ3v) is 4.54. The van der Waals surface area contributed by atoms with Crippen LogP contribution in [0.25, 0.3) is 0 Å². The molecule has 3 nitrogen and oxygen atoms in total. The molecule has 120 valence electrons. The highest BCUT2D eigenvalue weighted by atomic mass is 19.1. The summed E-state index contributed by atoms with van der Waals surface area (Å²) in [6.07, 6.45) is 2.05. The molecular formula is C19H21FN2O. The van der Waals surface area contributed by atoms with E-state index in [9.17, 15) is 9.18 Å². The molecule has 0 aliphatic heterocycles. The summed E-state index contributed by atoms with van der Waals surface area (Å²) >= 11 is 0. The van der Waals surface area contributed by atoms with Crippen LogP contribution < -0.4 is 10.2 Å². The Morgan fingerprint density at radius 2 is 1.70 bits per heavy atom. The molecule has 4 heteroatoms. The number of nitrogens with zero attached hydrogens (tertiary/aromatic N) is 1. The number of halogens is 1. The number of hydrogen-bond acceptors (Lipinski definition) is 2. The fourth-order valence-electron chi connectivity index (χ4n) is 2.78. The Labute approximate surface area is 136 Å². The van der Waals surface area contributed by atoms with Gasteiger partial charge in [-0.25, -0.2) is 4.39 Å². The fourth-order valence-corrected chi connectivity index (χ4v) is 2.78. The molecule has 0 bridgehead atoms. The second-order valence-electron chi connectivity index (χ2n) is 6.41. The van der Waals surface area contributed by atoms with E-state index in [-0.39, 0.29) is 17.1 Å². The molecule has 0 heterocycles. The minimum absolute atomic E-state index is 0.0209. The first-order chi connectivity index (χ1) is 11.0. The van der Waals surface area contributed by atoms with Gasteiger partial charge >= 0.3 is 0 Å². The standard InChI is InChI=1S/C19H21FN2O/c1-22(2)17-9-3-14(4-10-17)18(23)21-13-19(11-12-19)15-5-7-16(20)8-6-15/h3-10H,11-13H2,1-2H3,(H,21,23). The van der Waals surface area contributed by atoms with Crippen LogP contribution in [-0.2, 0) is 5.41 Å². The van der Waals surface area contributed by atoms with Gasteiger partial charge in [0.2, 0.25) is 0 Å². The van der Waals surface area contributed by atoms with Gasteiger partial charge in [0.25, 0.3) is 5.91 Å². The molecule has 1 saturated carbocycles. The van der Waals surface area contributed by atoms with E-state index in [1.54, 1.807) is 0 Å². The van der Waals surface area contributed by atoms with Crippen molar-refractivity contribution >= 4 is 11.6 Å². The molecule has 1 fully saturated rings. The molecular weight excluding hydrogens is 291 g/mol. The van der Waals surface area contributed by atoms with Crippen LogP contribution in [0.2, 0.25) is 0 Å². The fraction of sp³-hybridized carbons (Fsp3) is 0.316. The van der Waals surface area contributed by atoms with Crippen LogP contribution in [0.3, 0.4) is 0 Å². The lowest BCUT2D eigenvalue weighted by Gasteiger charge is -2.17. The molecule has 2 aromatic carbocycles. The van der Waals surface area contributed by atoms with E-state index >= 15 is 0 Å². The van der Waals surface area contributed by atoms with Gasteiger partial charge in [-0.15, -0.1) is 0 Å². The van der Waals surface area contributed by atoms with Crippen LogP contribution in [0, 0.1) is 5.82 Å². The summed E-state index contributed by atoms with van der Waals surface area (Å²) in [5.41, 5.74) is 2.80. The van der Waals surface area contributed by atoms with Crippen LogP contribution in [0.15, 0.2) is 48.5 Å². The Bertz CT molecular complexity index is 688. The monoisotopic (exact) mass is 312 g/mol. The summed E-state index contributed by atoms with van der Waals surface area (Å²) in [5.74, 6) is -0.293. The van der Waals surface area contributed by atoms with Crippen LogP contribution >= 0.6 is 0 Å². The Morgan fingerprint density at radius 1 is 1.09 bits per heavy atom. The van der Waals surface area contributed by atoms with E-state index in [1.165, 1.54) is 12.1 Å². The van der Waals surface area contributed by atoms with Gasteiger partial charge in [0, 0.05) is 37.3 Å². The smallest absolute Gasteiger partial charge is 0.251 e. The summed E-state index contributed by atoms with van der Waals surface area (Å²) in [7, 11) is 3.93. The zero-order chi connectivity index (χ0) is 16.4. The van der Waals surface area contributed by atoms with Gasteiger partial charge in [0.1, 0.15) is 5.82 Å². The van der Waals surface area contributed by atoms with Crippen molar-refractivity contribution in [3.63, 3.8) is 0 Å². The number of carbonyl (C=O) groups is 1. The second kappa shape index (κ2) is 6.03. The van der Waals surface area contributed by atoms with Crippen molar-refractivity contribution in [2.75, 3.05) is 25.5 Å². The van der Waals surface area contributed by atoms with Gasteiger partial charge < -0.3 is 10.2 Å². The van der Waals surface area contributed by atoms with Gasteiger partial charge in [-0.1, -0.05) is 12.1 Å². The minimum Gasteiger partial charge on any atom is -0.378 e. The molecule has 0 saturated heterocycles. The van der Waals surface area contributed by atoms with Crippen molar-refractivity contribution in [3.05, 3.63) is 65.5 Å². The topological polar surface area (TPSA) is 32.3 Å². The van der Waals surface area contributed by atoms with E-state index in [4.69, 9.17) is 0 Å². The quantitative estimate of drug-likeness (QED) is 0.918. The second-order valence-corrected chi connectivity index (χ2v) is 6.41. The highest BCUT2D eigenvalue weighted by Gasteiger charge is 2.44. The van der Waals surface area contributed by atoms with Crippen LogP contribution in [0.5, 0.6) is 0 Å². The zero-order valence-corrected chi connectivity index (χ0v) is 13.5. The number of rotatable bonds is 5. The molecule has 0 unspecified atom stereocenters. The molecule has 0 aromatic heterocycles. The third kappa shape index (κ3) is 3.36. The maximum absolute atomic E-state index is 13.0. The van der Waals surface area contributed by atoms with E-state index in [1.807, 2.05) is 55.4 Å². The van der Waals surface area contributed by atoms with Gasteiger partial charge in [0.05, 0.1) is 0 Å². The summed E-state index contributed by atoms with van der Waals surface area (Å²) in [6, 6.07) is 14.1. The average Bonchev–Trinajstić information content (AvgIpc) is 3.34. The number of anilines is 1. The van der Waals surface area contributed by atoms with Crippen molar-refractivity contribution in [1.29, 1.82) is 0 Å². The number of amides is 1. The number of benzene rings is 2. The van der Waals surface area contributed by atoms with Crippen LogP contribution in [0.4, 0.5) is 10.1 Å². The van der Waals surface area contributed by atoms with Gasteiger partial charge in [-0.2, -0.15) is 0 Å². The van der Waals surface area contributed by atoms with Crippen molar-refractivity contribution in [2.45, 2.75) is 18.3 Å². The van der Waals surface area contributed by atoms with Crippen molar-refractivity contribution in [2.24, 2.45) is 0 Å². The van der Waals surface area contributed by atoms with E-state index in [0.717, 1.165) is 24.1 Å². The Balaban J connectivity index is 1.63. The summed E-state index contributed by atoms with van der Waals surface area (Å²) in [4.78, 5) is 14.3. The Kier molecular flexibility index (Phi) is 4.07. The third-order valence-electron chi connectivity index (χ3n) is 4.54. The van der Waals surface area contributed by atoms with Gasteiger partial charge in [0.15, 0.2) is 0 Å². The van der Waals surface area contributed by atoms with Crippen molar-refractivity contribution in [3.8, 4) is 0 Å². The minimum atomic E-state index is -0.227. The van der Waals surface area contributed by atoms with Crippen LogP contribution in [0.1, 0.15) is 28.8 Å². The van der Waals surface area contributed by atoms with E-state index < -0.39 is 0 Å². The number of carbonyl (C=O) groups excluding carboxylic acids is 1. The maximum Gasteiger partial charge on any atom is 0.251 e. The molecule has 0 radical (unpaired) electrons. The molecule has 3 rings (SSSR count). The summed E-state index contributed by atoms with van der Waals surface area (Å²) in [5, 5.41) is 3.02. The van der Waals surface area contributed by atoms with Gasteiger partial charge in [-0.05, 0) is 54.8 Å². The molecule has 1 amide bonds. The first-order valence-electron chi connectivity index (χ1n) is 7.82.